The van der Waals surface area contributed by atoms with Crippen LogP contribution in [-0.2, 0) is 0 Å². The van der Waals surface area contributed by atoms with Gasteiger partial charge in [0.25, 0.3) is 11.7 Å². The molecule has 0 amide bonds. The van der Waals surface area contributed by atoms with E-state index >= 15 is 0 Å². The predicted octanol–water partition coefficient (Wildman–Crippen LogP) is 3.87. The lowest BCUT2D eigenvalue weighted by atomic mass is 10.2. The molecule has 0 saturated heterocycles. The highest BCUT2D eigenvalue weighted by atomic mass is 19.3. The molecule has 0 heterocycles. The molecule has 0 nitrogen and oxygen atoms in total. The van der Waals surface area contributed by atoms with Crippen molar-refractivity contribution >= 4 is 0 Å². The molecule has 0 radical (unpaired) electrons. The number of hydrogen-bond acceptors (Lipinski definition) is 0. The Balaban J connectivity index is 2.77. The Morgan fingerprint density at radius 3 is 1.29 bits per heavy atom. The third kappa shape index (κ3) is 0.890. The fourth-order valence-electron chi connectivity index (χ4n) is 1.59. The summed E-state index contributed by atoms with van der Waals surface area (Å²) >= 11 is 0. The third-order valence-corrected chi connectivity index (χ3v) is 2.65. The van der Waals surface area contributed by atoms with Crippen LogP contribution in [0.15, 0.2) is 23.3 Å². The molecular formula is C8F9+. The minimum Gasteiger partial charge on any atom is -0.207 e. The molecule has 0 bridgehead atoms. The summed E-state index contributed by atoms with van der Waals surface area (Å²) in [5, 5.41) is 0. The second kappa shape index (κ2) is 2.75. The zero-order valence-corrected chi connectivity index (χ0v) is 7.40. The van der Waals surface area contributed by atoms with Crippen LogP contribution in [0.4, 0.5) is 39.5 Å². The smallest absolute Gasteiger partial charge is 0.207 e. The van der Waals surface area contributed by atoms with Gasteiger partial charge in [-0.05, 0) is 0 Å². The maximum Gasteiger partial charge on any atom is 0.361 e. The largest absolute Gasteiger partial charge is 0.361 e. The molecule has 2 unspecified atom stereocenters. The SMILES string of the molecule is FC1=C(F)C2(F)C(F)(F)C2(F)C(F)=C(F)[C+]1F. The van der Waals surface area contributed by atoms with E-state index in [4.69, 9.17) is 0 Å². The normalized spacial score (nSPS) is 40.4. The molecule has 2 aliphatic carbocycles. The predicted molar refractivity (Wildman–Crippen MR) is 35.5 cm³/mol. The Morgan fingerprint density at radius 2 is 1.00 bits per heavy atom. The van der Waals surface area contributed by atoms with Crippen molar-refractivity contribution in [3.05, 3.63) is 29.5 Å². The van der Waals surface area contributed by atoms with Crippen LogP contribution in [0, 0.1) is 6.17 Å². The number of rotatable bonds is 0. The third-order valence-electron chi connectivity index (χ3n) is 2.65. The Hall–Kier alpha value is -1.28. The molecule has 0 spiro atoms. The van der Waals surface area contributed by atoms with Gasteiger partial charge in [0.05, 0.1) is 0 Å². The first-order chi connectivity index (χ1) is 7.55. The highest BCUT2D eigenvalue weighted by molar-refractivity contribution is 5.58. The zero-order chi connectivity index (χ0) is 13.4. The van der Waals surface area contributed by atoms with E-state index in [0.717, 1.165) is 0 Å². The summed E-state index contributed by atoms with van der Waals surface area (Å²) in [7, 11) is 0. The molecule has 2 aliphatic rings. The molecule has 9 heteroatoms. The molecule has 0 aromatic rings. The molecule has 0 aromatic heterocycles. The van der Waals surface area contributed by atoms with Crippen LogP contribution >= 0.6 is 0 Å². The Labute approximate surface area is 87.4 Å². The van der Waals surface area contributed by atoms with Gasteiger partial charge in [0, 0.05) is 0 Å². The van der Waals surface area contributed by atoms with Crippen LogP contribution in [-0.4, -0.2) is 17.3 Å². The standard InChI is InChI=1S/C8F9/c9-1-2(10)4(12)6(14)7(15,8(6,16)17)5(13)3(1)11/q+1. The van der Waals surface area contributed by atoms with Crippen molar-refractivity contribution in [2.24, 2.45) is 0 Å². The van der Waals surface area contributed by atoms with Gasteiger partial charge in [0.2, 0.25) is 0 Å². The average Bonchev–Trinajstić information content (AvgIpc) is 2.65. The lowest BCUT2D eigenvalue weighted by Crippen LogP contribution is -2.18. The number of hydrogen-bond donors (Lipinski definition) is 0. The second-order valence-electron chi connectivity index (χ2n) is 3.46. The van der Waals surface area contributed by atoms with Crippen molar-refractivity contribution in [1.82, 2.24) is 0 Å². The van der Waals surface area contributed by atoms with Crippen molar-refractivity contribution in [3.8, 4) is 0 Å². The molecule has 0 aliphatic heterocycles. The molecule has 1 fully saturated rings. The monoisotopic (exact) mass is 267 g/mol. The molecular weight excluding hydrogens is 267 g/mol. The molecule has 1 saturated carbocycles. The topological polar surface area (TPSA) is 0 Å². The first-order valence-electron chi connectivity index (χ1n) is 3.95. The van der Waals surface area contributed by atoms with E-state index in [9.17, 15) is 39.5 Å². The van der Waals surface area contributed by atoms with Gasteiger partial charge >= 0.3 is 35.1 Å². The van der Waals surface area contributed by atoms with Gasteiger partial charge < -0.3 is 0 Å². The summed E-state index contributed by atoms with van der Waals surface area (Å²) < 4.78 is 115. The van der Waals surface area contributed by atoms with Crippen molar-refractivity contribution in [3.63, 3.8) is 0 Å². The minimum absolute atomic E-state index is 2.91. The van der Waals surface area contributed by atoms with Gasteiger partial charge in [0.15, 0.2) is 0 Å². The summed E-state index contributed by atoms with van der Waals surface area (Å²) in [5.41, 5.74) is -10.1. The van der Waals surface area contributed by atoms with E-state index in [0.29, 0.717) is 0 Å². The van der Waals surface area contributed by atoms with E-state index in [1.54, 1.807) is 0 Å². The van der Waals surface area contributed by atoms with Crippen molar-refractivity contribution < 1.29 is 39.5 Å². The van der Waals surface area contributed by atoms with Gasteiger partial charge in [-0.25, -0.2) is 8.78 Å². The summed E-state index contributed by atoms with van der Waals surface area (Å²) in [6.07, 6.45) is -2.91. The van der Waals surface area contributed by atoms with Crippen molar-refractivity contribution in [1.29, 1.82) is 0 Å². The fourth-order valence-corrected chi connectivity index (χ4v) is 1.59. The second-order valence-corrected chi connectivity index (χ2v) is 3.46. The number of halogens is 9. The highest BCUT2D eigenvalue weighted by Gasteiger charge is 3.07. The van der Waals surface area contributed by atoms with Crippen molar-refractivity contribution in [2.45, 2.75) is 17.3 Å². The van der Waals surface area contributed by atoms with Gasteiger partial charge in [-0.1, -0.05) is 0 Å². The van der Waals surface area contributed by atoms with Gasteiger partial charge in [-0.2, -0.15) is 17.6 Å². The summed E-state index contributed by atoms with van der Waals surface area (Å²) in [6, 6.07) is 0. The lowest BCUT2D eigenvalue weighted by molar-refractivity contribution is 0.0275. The van der Waals surface area contributed by atoms with Crippen LogP contribution in [0.1, 0.15) is 0 Å². The average molecular weight is 267 g/mol. The minimum atomic E-state index is -5.36. The molecule has 2 rings (SSSR count). The first kappa shape index (κ1) is 12.2. The van der Waals surface area contributed by atoms with Gasteiger partial charge in [-0.15, -0.1) is 13.2 Å². The summed E-state index contributed by atoms with van der Waals surface area (Å²) in [5.74, 6) is -17.9. The zero-order valence-electron chi connectivity index (χ0n) is 7.40. The van der Waals surface area contributed by atoms with E-state index in [2.05, 4.69) is 0 Å². The fraction of sp³-hybridized carbons (Fsp3) is 0.375. The highest BCUT2D eigenvalue weighted by Crippen LogP contribution is 2.76. The van der Waals surface area contributed by atoms with Gasteiger partial charge in [0.1, 0.15) is 0 Å². The van der Waals surface area contributed by atoms with Crippen LogP contribution in [0.2, 0.25) is 0 Å². The van der Waals surface area contributed by atoms with E-state index < -0.39 is 46.7 Å². The Bertz CT molecular complexity index is 424. The lowest BCUT2D eigenvalue weighted by Gasteiger charge is -1.98. The number of fused-ring (bicyclic) bond motifs is 1. The molecule has 17 heavy (non-hydrogen) atoms. The Kier molecular flexibility index (Phi) is 1.97. The summed E-state index contributed by atoms with van der Waals surface area (Å²) in [6.45, 7) is 0. The van der Waals surface area contributed by atoms with E-state index in [1.165, 1.54) is 0 Å². The van der Waals surface area contributed by atoms with Crippen LogP contribution in [0.3, 0.4) is 0 Å². The number of alkyl halides is 4. The molecule has 0 aromatic carbocycles. The molecule has 94 valence electrons. The maximum atomic E-state index is 13.2. The van der Waals surface area contributed by atoms with Crippen LogP contribution in [0.5, 0.6) is 0 Å². The maximum absolute atomic E-state index is 13.2. The number of allylic oxidation sites excluding steroid dienone is 4. The van der Waals surface area contributed by atoms with Crippen molar-refractivity contribution in [2.75, 3.05) is 0 Å². The van der Waals surface area contributed by atoms with E-state index in [-0.39, 0.29) is 0 Å². The van der Waals surface area contributed by atoms with E-state index in [1.807, 2.05) is 0 Å². The Morgan fingerprint density at radius 1 is 0.706 bits per heavy atom. The molecule has 2 atom stereocenters. The van der Waals surface area contributed by atoms with Crippen LogP contribution < -0.4 is 0 Å². The molecule has 0 N–H and O–H groups in total. The quantitative estimate of drug-likeness (QED) is 0.461. The van der Waals surface area contributed by atoms with Gasteiger partial charge in [-0.3, -0.25) is 0 Å². The summed E-state index contributed by atoms with van der Waals surface area (Å²) in [4.78, 5) is 0. The van der Waals surface area contributed by atoms with Crippen LogP contribution in [0.25, 0.3) is 0 Å². The first-order valence-corrected chi connectivity index (χ1v) is 3.95.